The molecule has 6 nitrogen and oxygen atoms in total. The van der Waals surface area contributed by atoms with Crippen molar-refractivity contribution in [2.75, 3.05) is 12.3 Å². The molecule has 0 radical (unpaired) electrons. The van der Waals surface area contributed by atoms with Gasteiger partial charge in [0.2, 0.25) is 5.16 Å². The lowest BCUT2D eigenvalue weighted by molar-refractivity contribution is 0.0125. The number of aromatic nitrogens is 2. The van der Waals surface area contributed by atoms with Crippen molar-refractivity contribution in [3.05, 3.63) is 17.4 Å². The zero-order valence-electron chi connectivity index (χ0n) is 13.6. The number of likely N-dealkylation sites (tertiary alicyclic amines) is 1. The van der Waals surface area contributed by atoms with Crippen LogP contribution in [0.5, 0.6) is 0 Å². The molecule has 2 atom stereocenters. The number of carbonyl (C=O) groups excluding carboxylic acids is 1. The molecule has 0 N–H and O–H groups in total. The van der Waals surface area contributed by atoms with Crippen LogP contribution < -0.4 is 0 Å². The Balaban J connectivity index is 2.04. The third kappa shape index (κ3) is 5.42. The van der Waals surface area contributed by atoms with Crippen LogP contribution in [0, 0.1) is 0 Å². The summed E-state index contributed by atoms with van der Waals surface area (Å²) in [7, 11) is -1.38. The molecular formula is C15H22ClN3O3S. The molecule has 0 spiro atoms. The molecule has 8 heteroatoms. The first kappa shape index (κ1) is 18.1. The number of halogens is 1. The van der Waals surface area contributed by atoms with Crippen LogP contribution >= 0.6 is 11.6 Å². The average Bonchev–Trinajstić information content (AvgIpc) is 2.46. The molecule has 1 amide bonds. The highest BCUT2D eigenvalue weighted by atomic mass is 35.5. The second-order valence-electron chi connectivity index (χ2n) is 6.52. The standard InChI is InChI=1S/C15H22ClN3O3S/c1-15(2,3)22-14(20)19-7-5-4-6-12(19)10-23(21)13-17-8-11(16)9-18-13/h8-9,12H,4-7,10H2,1-3H3/t12-,23-/m0/s1. The van der Waals surface area contributed by atoms with E-state index in [9.17, 15) is 9.00 Å². The van der Waals surface area contributed by atoms with E-state index >= 15 is 0 Å². The van der Waals surface area contributed by atoms with E-state index in [1.807, 2.05) is 20.8 Å². The summed E-state index contributed by atoms with van der Waals surface area (Å²) in [6, 6.07) is -0.126. The van der Waals surface area contributed by atoms with Gasteiger partial charge in [0.1, 0.15) is 5.60 Å². The van der Waals surface area contributed by atoms with Gasteiger partial charge in [0.15, 0.2) is 0 Å². The van der Waals surface area contributed by atoms with Gasteiger partial charge in [-0.1, -0.05) is 11.6 Å². The molecule has 0 aromatic carbocycles. The molecule has 1 aromatic rings. The lowest BCUT2D eigenvalue weighted by atomic mass is 10.0. The molecule has 0 saturated carbocycles. The molecule has 1 fully saturated rings. The van der Waals surface area contributed by atoms with Crippen molar-refractivity contribution >= 4 is 28.5 Å². The van der Waals surface area contributed by atoms with E-state index < -0.39 is 16.4 Å². The first-order chi connectivity index (χ1) is 10.8. The topological polar surface area (TPSA) is 72.4 Å². The van der Waals surface area contributed by atoms with Crippen molar-refractivity contribution in [1.29, 1.82) is 0 Å². The zero-order valence-corrected chi connectivity index (χ0v) is 15.2. The minimum absolute atomic E-state index is 0.126. The number of carbonyl (C=O) groups is 1. The van der Waals surface area contributed by atoms with Gasteiger partial charge in [-0.05, 0) is 40.0 Å². The normalized spacial score (nSPS) is 20.2. The van der Waals surface area contributed by atoms with Crippen LogP contribution in [0.3, 0.4) is 0 Å². The van der Waals surface area contributed by atoms with E-state index in [1.54, 1.807) is 4.90 Å². The molecule has 2 heterocycles. The maximum Gasteiger partial charge on any atom is 0.410 e. The van der Waals surface area contributed by atoms with Crippen molar-refractivity contribution in [2.24, 2.45) is 0 Å². The van der Waals surface area contributed by atoms with Crippen LogP contribution in [-0.2, 0) is 15.5 Å². The van der Waals surface area contributed by atoms with Gasteiger partial charge >= 0.3 is 6.09 Å². The highest BCUT2D eigenvalue weighted by Gasteiger charge is 2.32. The first-order valence-electron chi connectivity index (χ1n) is 7.62. The summed E-state index contributed by atoms with van der Waals surface area (Å²) >= 11 is 5.74. The highest BCUT2D eigenvalue weighted by Crippen LogP contribution is 2.22. The zero-order chi connectivity index (χ0) is 17.0. The third-order valence-electron chi connectivity index (χ3n) is 3.40. The molecule has 23 heavy (non-hydrogen) atoms. The summed E-state index contributed by atoms with van der Waals surface area (Å²) in [6.45, 7) is 6.13. The Labute approximate surface area is 144 Å². The average molecular weight is 360 g/mol. The van der Waals surface area contributed by atoms with Crippen molar-refractivity contribution in [3.63, 3.8) is 0 Å². The SMILES string of the molecule is CC(C)(C)OC(=O)N1CCCC[C@H]1C[S@](=O)c1ncc(Cl)cn1. The molecule has 0 bridgehead atoms. The van der Waals surface area contributed by atoms with Gasteiger partial charge in [-0.2, -0.15) is 0 Å². The monoisotopic (exact) mass is 359 g/mol. The fraction of sp³-hybridized carbons (Fsp3) is 0.667. The fourth-order valence-electron chi connectivity index (χ4n) is 2.40. The number of piperidine rings is 1. The van der Waals surface area contributed by atoms with E-state index in [4.69, 9.17) is 16.3 Å². The van der Waals surface area contributed by atoms with E-state index in [2.05, 4.69) is 9.97 Å². The van der Waals surface area contributed by atoms with Gasteiger partial charge in [0, 0.05) is 12.6 Å². The van der Waals surface area contributed by atoms with Crippen LogP contribution in [0.15, 0.2) is 17.6 Å². The highest BCUT2D eigenvalue weighted by molar-refractivity contribution is 7.84. The Bertz CT molecular complexity index is 574. The summed E-state index contributed by atoms with van der Waals surface area (Å²) in [5.41, 5.74) is -0.544. The Hall–Kier alpha value is -1.21. The van der Waals surface area contributed by atoms with Crippen molar-refractivity contribution in [1.82, 2.24) is 14.9 Å². The van der Waals surface area contributed by atoms with Gasteiger partial charge in [-0.25, -0.2) is 14.8 Å². The number of hydrogen-bond donors (Lipinski definition) is 0. The molecule has 1 aliphatic heterocycles. The van der Waals surface area contributed by atoms with E-state index in [0.717, 1.165) is 19.3 Å². The van der Waals surface area contributed by atoms with Crippen LogP contribution in [0.2, 0.25) is 5.02 Å². The molecule has 0 unspecified atom stereocenters. The Morgan fingerprint density at radius 2 is 2.04 bits per heavy atom. The number of amides is 1. The van der Waals surface area contributed by atoms with Crippen LogP contribution in [0.4, 0.5) is 4.79 Å². The molecule has 2 rings (SSSR count). The summed E-state index contributed by atoms with van der Waals surface area (Å²) in [6.07, 6.45) is 5.24. The predicted octanol–water partition coefficient (Wildman–Crippen LogP) is 3.03. The molecule has 128 valence electrons. The lowest BCUT2D eigenvalue weighted by Gasteiger charge is -2.36. The van der Waals surface area contributed by atoms with Crippen molar-refractivity contribution in [2.45, 2.75) is 56.8 Å². The van der Waals surface area contributed by atoms with Gasteiger partial charge in [-0.3, -0.25) is 4.21 Å². The summed E-state index contributed by atoms with van der Waals surface area (Å²) in [5, 5.41) is 0.642. The quantitative estimate of drug-likeness (QED) is 0.775. The second-order valence-corrected chi connectivity index (χ2v) is 8.35. The molecule has 1 aromatic heterocycles. The van der Waals surface area contributed by atoms with E-state index in [-0.39, 0.29) is 17.3 Å². The smallest absolute Gasteiger partial charge is 0.410 e. The van der Waals surface area contributed by atoms with Gasteiger partial charge in [0.05, 0.1) is 34.0 Å². The summed E-state index contributed by atoms with van der Waals surface area (Å²) < 4.78 is 17.9. The summed E-state index contributed by atoms with van der Waals surface area (Å²) in [4.78, 5) is 22.0. The Kier molecular flexibility index (Phi) is 5.97. The van der Waals surface area contributed by atoms with Crippen LogP contribution in [0.1, 0.15) is 40.0 Å². The molecule has 1 saturated heterocycles. The van der Waals surface area contributed by atoms with Crippen molar-refractivity contribution in [3.8, 4) is 0 Å². The maximum absolute atomic E-state index is 12.4. The predicted molar refractivity (Wildman–Crippen MR) is 88.9 cm³/mol. The minimum Gasteiger partial charge on any atom is -0.444 e. The number of hydrogen-bond acceptors (Lipinski definition) is 5. The van der Waals surface area contributed by atoms with E-state index in [0.29, 0.717) is 17.3 Å². The van der Waals surface area contributed by atoms with Crippen LogP contribution in [-0.4, -0.2) is 49.1 Å². The number of nitrogens with zero attached hydrogens (tertiary/aromatic N) is 3. The number of ether oxygens (including phenoxy) is 1. The van der Waals surface area contributed by atoms with Gasteiger partial charge < -0.3 is 9.64 Å². The molecule has 1 aliphatic rings. The Morgan fingerprint density at radius 1 is 1.39 bits per heavy atom. The maximum atomic E-state index is 12.4. The van der Waals surface area contributed by atoms with Crippen LogP contribution in [0.25, 0.3) is 0 Å². The minimum atomic E-state index is -1.38. The fourth-order valence-corrected chi connectivity index (χ4v) is 3.69. The van der Waals surface area contributed by atoms with Gasteiger partial charge in [-0.15, -0.1) is 0 Å². The first-order valence-corrected chi connectivity index (χ1v) is 9.31. The Morgan fingerprint density at radius 3 is 2.65 bits per heavy atom. The van der Waals surface area contributed by atoms with Gasteiger partial charge in [0.25, 0.3) is 0 Å². The van der Waals surface area contributed by atoms with E-state index in [1.165, 1.54) is 12.4 Å². The van der Waals surface area contributed by atoms with Crippen molar-refractivity contribution < 1.29 is 13.7 Å². The second kappa shape index (κ2) is 7.57. The molecular weight excluding hydrogens is 338 g/mol. The summed E-state index contributed by atoms with van der Waals surface area (Å²) in [5.74, 6) is 0.306. The third-order valence-corrected chi connectivity index (χ3v) is 4.90. The lowest BCUT2D eigenvalue weighted by Crippen LogP contribution is -2.48. The number of rotatable bonds is 3. The largest absolute Gasteiger partial charge is 0.444 e. The molecule has 0 aliphatic carbocycles.